The van der Waals surface area contributed by atoms with E-state index in [1.54, 1.807) is 0 Å². The average molecular weight is 146 g/mol. The van der Waals surface area contributed by atoms with Gasteiger partial charge in [0.05, 0.1) is 0 Å². The van der Waals surface area contributed by atoms with Crippen LogP contribution in [0, 0.1) is 0 Å². The molecule has 3 nitrogen and oxygen atoms in total. The first-order valence-electron chi connectivity index (χ1n) is 3.75. The van der Waals surface area contributed by atoms with Crippen molar-refractivity contribution in [2.24, 2.45) is 0 Å². The molecule has 0 aromatic rings. The Bertz CT molecular complexity index is 60.6. The molecular weight excluding hydrogens is 130 g/mol. The average Bonchev–Trinajstić information content (AvgIpc) is 1.97. The number of hydroxylamine groups is 1. The zero-order valence-electron chi connectivity index (χ0n) is 6.96. The Morgan fingerprint density at radius 1 is 1.40 bits per heavy atom. The predicted molar refractivity (Wildman–Crippen MR) is 39.5 cm³/mol. The SMILES string of the molecule is CCCOC(C)O[N]CC. The van der Waals surface area contributed by atoms with E-state index in [1.165, 1.54) is 0 Å². The van der Waals surface area contributed by atoms with Crippen LogP contribution in [-0.2, 0) is 9.57 Å². The van der Waals surface area contributed by atoms with E-state index in [-0.39, 0.29) is 6.29 Å². The molecule has 10 heavy (non-hydrogen) atoms. The van der Waals surface area contributed by atoms with Gasteiger partial charge >= 0.3 is 0 Å². The Balaban J connectivity index is 3.00. The second-order valence-corrected chi connectivity index (χ2v) is 1.99. The van der Waals surface area contributed by atoms with Gasteiger partial charge in [-0.1, -0.05) is 12.4 Å². The zero-order valence-corrected chi connectivity index (χ0v) is 6.96. The van der Waals surface area contributed by atoms with Gasteiger partial charge in [0.25, 0.3) is 0 Å². The minimum atomic E-state index is -0.195. The summed E-state index contributed by atoms with van der Waals surface area (Å²) in [5.41, 5.74) is 3.70. The fourth-order valence-electron chi connectivity index (χ4n) is 0.494. The molecule has 1 atom stereocenters. The van der Waals surface area contributed by atoms with Gasteiger partial charge in [0.1, 0.15) is 0 Å². The van der Waals surface area contributed by atoms with Crippen LogP contribution in [0.15, 0.2) is 0 Å². The van der Waals surface area contributed by atoms with Gasteiger partial charge < -0.3 is 4.74 Å². The van der Waals surface area contributed by atoms with E-state index in [2.05, 4.69) is 12.4 Å². The highest BCUT2D eigenvalue weighted by Gasteiger charge is 1.99. The topological polar surface area (TPSA) is 32.6 Å². The van der Waals surface area contributed by atoms with Gasteiger partial charge in [-0.25, -0.2) is 0 Å². The maximum absolute atomic E-state index is 5.18. The van der Waals surface area contributed by atoms with E-state index in [9.17, 15) is 0 Å². The molecule has 0 fully saturated rings. The maximum atomic E-state index is 5.18. The second kappa shape index (κ2) is 6.99. The highest BCUT2D eigenvalue weighted by molar-refractivity contribution is 4.29. The van der Waals surface area contributed by atoms with E-state index < -0.39 is 0 Å². The predicted octanol–water partition coefficient (Wildman–Crippen LogP) is 1.31. The quantitative estimate of drug-likeness (QED) is 0.418. The summed E-state index contributed by atoms with van der Waals surface area (Å²) in [6.45, 7) is 7.24. The first-order chi connectivity index (χ1) is 4.81. The fraction of sp³-hybridized carbons (Fsp3) is 1.00. The van der Waals surface area contributed by atoms with E-state index in [1.807, 2.05) is 13.8 Å². The van der Waals surface area contributed by atoms with Crippen LogP contribution < -0.4 is 5.48 Å². The Morgan fingerprint density at radius 3 is 2.60 bits per heavy atom. The van der Waals surface area contributed by atoms with Crippen molar-refractivity contribution < 1.29 is 9.57 Å². The van der Waals surface area contributed by atoms with E-state index in [0.29, 0.717) is 6.54 Å². The van der Waals surface area contributed by atoms with Crippen molar-refractivity contribution in [3.05, 3.63) is 0 Å². The van der Waals surface area contributed by atoms with Crippen molar-refractivity contribution in [3.8, 4) is 0 Å². The smallest absolute Gasteiger partial charge is 0.176 e. The first kappa shape index (κ1) is 9.88. The number of nitrogens with zero attached hydrogens (tertiary/aromatic N) is 1. The van der Waals surface area contributed by atoms with E-state index in [0.717, 1.165) is 13.0 Å². The lowest BCUT2D eigenvalue weighted by Crippen LogP contribution is -2.18. The molecule has 0 heterocycles. The molecule has 0 N–H and O–H groups in total. The van der Waals surface area contributed by atoms with Gasteiger partial charge in [-0.15, -0.1) is 0 Å². The number of rotatable bonds is 6. The van der Waals surface area contributed by atoms with Gasteiger partial charge in [-0.3, -0.25) is 4.84 Å². The van der Waals surface area contributed by atoms with E-state index in [4.69, 9.17) is 9.57 Å². The van der Waals surface area contributed by atoms with Crippen LogP contribution in [-0.4, -0.2) is 19.4 Å². The van der Waals surface area contributed by atoms with Crippen LogP contribution in [0.4, 0.5) is 0 Å². The minimum absolute atomic E-state index is 0.195. The second-order valence-electron chi connectivity index (χ2n) is 1.99. The molecule has 0 aliphatic carbocycles. The normalized spacial score (nSPS) is 13.5. The van der Waals surface area contributed by atoms with E-state index >= 15 is 0 Å². The Morgan fingerprint density at radius 2 is 2.10 bits per heavy atom. The molecule has 0 aromatic carbocycles. The summed E-state index contributed by atoms with van der Waals surface area (Å²) in [6.07, 6.45) is 0.819. The van der Waals surface area contributed by atoms with Crippen molar-refractivity contribution in [1.82, 2.24) is 5.48 Å². The van der Waals surface area contributed by atoms with Gasteiger partial charge in [-0.2, -0.15) is 0 Å². The summed E-state index contributed by atoms with van der Waals surface area (Å²) in [5, 5.41) is 0. The molecular formula is C7H16NO2. The molecule has 0 amide bonds. The molecule has 0 aliphatic rings. The monoisotopic (exact) mass is 146 g/mol. The van der Waals surface area contributed by atoms with Crippen molar-refractivity contribution in [3.63, 3.8) is 0 Å². The molecule has 3 heteroatoms. The van der Waals surface area contributed by atoms with Crippen molar-refractivity contribution in [1.29, 1.82) is 0 Å². The molecule has 0 saturated heterocycles. The van der Waals surface area contributed by atoms with Crippen LogP contribution in [0.2, 0.25) is 0 Å². The van der Waals surface area contributed by atoms with Crippen LogP contribution >= 0.6 is 0 Å². The first-order valence-corrected chi connectivity index (χ1v) is 3.75. The van der Waals surface area contributed by atoms with Crippen molar-refractivity contribution in [2.45, 2.75) is 33.5 Å². The molecule has 0 spiro atoms. The summed E-state index contributed by atoms with van der Waals surface area (Å²) in [6, 6.07) is 0. The number of ether oxygens (including phenoxy) is 1. The summed E-state index contributed by atoms with van der Waals surface area (Å²) >= 11 is 0. The molecule has 0 aliphatic heterocycles. The van der Waals surface area contributed by atoms with Gasteiger partial charge in [0.2, 0.25) is 0 Å². The number of hydrogen-bond acceptors (Lipinski definition) is 2. The Hall–Kier alpha value is -0.120. The third-order valence-corrected chi connectivity index (χ3v) is 0.909. The molecule has 0 bridgehead atoms. The van der Waals surface area contributed by atoms with Gasteiger partial charge in [0.15, 0.2) is 6.29 Å². The summed E-state index contributed by atoms with van der Waals surface area (Å²) < 4.78 is 5.18. The standard InChI is InChI=1S/C7H16NO2/c1-4-6-9-7(3)10-8-5-2/h7H,4-6H2,1-3H3. The number of hydrogen-bond donors (Lipinski definition) is 0. The highest BCUT2D eigenvalue weighted by Crippen LogP contribution is 1.91. The van der Waals surface area contributed by atoms with Crippen LogP contribution in [0.5, 0.6) is 0 Å². The molecule has 0 saturated carbocycles. The zero-order chi connectivity index (χ0) is 7.82. The maximum Gasteiger partial charge on any atom is 0.176 e. The third-order valence-electron chi connectivity index (χ3n) is 0.909. The van der Waals surface area contributed by atoms with Crippen LogP contribution in [0.3, 0.4) is 0 Å². The largest absolute Gasteiger partial charge is 0.351 e. The van der Waals surface area contributed by atoms with Gasteiger partial charge in [0, 0.05) is 13.2 Å². The summed E-state index contributed by atoms with van der Waals surface area (Å²) in [4.78, 5) is 4.90. The third kappa shape index (κ3) is 6.01. The Kier molecular flexibility index (Phi) is 6.91. The highest BCUT2D eigenvalue weighted by atomic mass is 16.8. The van der Waals surface area contributed by atoms with Crippen molar-refractivity contribution in [2.75, 3.05) is 13.2 Å². The van der Waals surface area contributed by atoms with Crippen LogP contribution in [0.1, 0.15) is 27.2 Å². The van der Waals surface area contributed by atoms with Gasteiger partial charge in [-0.05, 0) is 20.3 Å². The van der Waals surface area contributed by atoms with Crippen molar-refractivity contribution >= 4 is 0 Å². The summed E-state index contributed by atoms with van der Waals surface area (Å²) in [5.74, 6) is 0. The molecule has 0 aromatic heterocycles. The minimum Gasteiger partial charge on any atom is -0.351 e. The lowest BCUT2D eigenvalue weighted by atomic mass is 10.5. The lowest BCUT2D eigenvalue weighted by Gasteiger charge is -2.10. The molecule has 0 rings (SSSR count). The Labute approximate surface area is 62.7 Å². The molecule has 61 valence electrons. The fourth-order valence-corrected chi connectivity index (χ4v) is 0.494. The summed E-state index contributed by atoms with van der Waals surface area (Å²) in [7, 11) is 0. The van der Waals surface area contributed by atoms with Crippen LogP contribution in [0.25, 0.3) is 0 Å². The molecule has 1 radical (unpaired) electrons. The lowest BCUT2D eigenvalue weighted by molar-refractivity contribution is -0.171. The molecule has 1 unspecified atom stereocenters.